The Labute approximate surface area is 191 Å². The van der Waals surface area contributed by atoms with Crippen molar-refractivity contribution in [2.45, 2.75) is 32.2 Å². The molecule has 6 nitrogen and oxygen atoms in total. The first-order valence-corrected chi connectivity index (χ1v) is 11.0. The molecule has 0 spiro atoms. The maximum Gasteiger partial charge on any atom is 0.257 e. The first-order chi connectivity index (χ1) is 15.5. The smallest absolute Gasteiger partial charge is 0.257 e. The van der Waals surface area contributed by atoms with E-state index in [0.29, 0.717) is 48.5 Å². The number of rotatable bonds is 5. The SMILES string of the molecule is CCc1c(C(=O)N2CCC(NC(=O)c3ccc(F)cc3)CC2)cnn1-c1cccc(Cl)c1. The minimum atomic E-state index is -0.376. The van der Waals surface area contributed by atoms with Gasteiger partial charge in [0.05, 0.1) is 23.1 Å². The minimum Gasteiger partial charge on any atom is -0.349 e. The summed E-state index contributed by atoms with van der Waals surface area (Å²) < 4.78 is 14.8. The van der Waals surface area contributed by atoms with Gasteiger partial charge < -0.3 is 10.2 Å². The molecule has 2 amide bonds. The highest BCUT2D eigenvalue weighted by Gasteiger charge is 2.27. The molecule has 0 atom stereocenters. The molecule has 1 fully saturated rings. The highest BCUT2D eigenvalue weighted by Crippen LogP contribution is 2.22. The van der Waals surface area contributed by atoms with Crippen molar-refractivity contribution in [1.29, 1.82) is 0 Å². The summed E-state index contributed by atoms with van der Waals surface area (Å²) in [6.45, 7) is 3.07. The molecule has 3 aromatic rings. The van der Waals surface area contributed by atoms with Gasteiger partial charge in [0, 0.05) is 29.7 Å². The van der Waals surface area contributed by atoms with Crippen LogP contribution in [-0.2, 0) is 6.42 Å². The van der Waals surface area contributed by atoms with Gasteiger partial charge in [0.25, 0.3) is 11.8 Å². The Balaban J connectivity index is 1.40. The number of nitrogens with one attached hydrogen (secondary N) is 1. The van der Waals surface area contributed by atoms with Gasteiger partial charge in [0.1, 0.15) is 5.82 Å². The molecule has 2 heterocycles. The molecule has 0 unspecified atom stereocenters. The number of halogens is 2. The van der Waals surface area contributed by atoms with E-state index in [1.54, 1.807) is 21.8 Å². The van der Waals surface area contributed by atoms with Gasteiger partial charge in [-0.2, -0.15) is 5.10 Å². The lowest BCUT2D eigenvalue weighted by Crippen LogP contribution is -2.46. The largest absolute Gasteiger partial charge is 0.349 e. The van der Waals surface area contributed by atoms with Gasteiger partial charge in [-0.1, -0.05) is 24.6 Å². The van der Waals surface area contributed by atoms with E-state index >= 15 is 0 Å². The minimum absolute atomic E-state index is 0.0311. The van der Waals surface area contributed by atoms with Gasteiger partial charge in [0.15, 0.2) is 0 Å². The number of benzene rings is 2. The van der Waals surface area contributed by atoms with E-state index in [1.165, 1.54) is 24.3 Å². The van der Waals surface area contributed by atoms with E-state index in [1.807, 2.05) is 25.1 Å². The Morgan fingerprint density at radius 3 is 2.53 bits per heavy atom. The number of aromatic nitrogens is 2. The van der Waals surface area contributed by atoms with Crippen LogP contribution in [0.2, 0.25) is 5.02 Å². The zero-order chi connectivity index (χ0) is 22.7. The molecule has 8 heteroatoms. The molecule has 1 saturated heterocycles. The quantitative estimate of drug-likeness (QED) is 0.626. The highest BCUT2D eigenvalue weighted by atomic mass is 35.5. The monoisotopic (exact) mass is 454 g/mol. The number of amides is 2. The fraction of sp³-hybridized carbons (Fsp3) is 0.292. The van der Waals surface area contributed by atoms with Gasteiger partial charge in [-0.05, 0) is 61.7 Å². The Hall–Kier alpha value is -3.19. The fourth-order valence-corrected chi connectivity index (χ4v) is 4.17. The average molecular weight is 455 g/mol. The number of likely N-dealkylation sites (tertiary alicyclic amines) is 1. The van der Waals surface area contributed by atoms with E-state index in [2.05, 4.69) is 10.4 Å². The maximum absolute atomic E-state index is 13.2. The first kappa shape index (κ1) is 22.0. The highest BCUT2D eigenvalue weighted by molar-refractivity contribution is 6.30. The van der Waals surface area contributed by atoms with E-state index < -0.39 is 0 Å². The third-order valence-electron chi connectivity index (χ3n) is 5.71. The Morgan fingerprint density at radius 1 is 1.16 bits per heavy atom. The number of nitrogens with zero attached hydrogens (tertiary/aromatic N) is 3. The third kappa shape index (κ3) is 4.67. The summed E-state index contributed by atoms with van der Waals surface area (Å²) in [5, 5.41) is 8.02. The van der Waals surface area contributed by atoms with Crippen molar-refractivity contribution in [3.63, 3.8) is 0 Å². The third-order valence-corrected chi connectivity index (χ3v) is 5.95. The number of hydrogen-bond donors (Lipinski definition) is 1. The van der Waals surface area contributed by atoms with Gasteiger partial charge >= 0.3 is 0 Å². The van der Waals surface area contributed by atoms with Crippen molar-refractivity contribution < 1.29 is 14.0 Å². The Kier molecular flexibility index (Phi) is 6.55. The lowest BCUT2D eigenvalue weighted by molar-refractivity contribution is 0.0697. The number of hydrogen-bond acceptors (Lipinski definition) is 3. The summed E-state index contributed by atoms with van der Waals surface area (Å²) in [6, 6.07) is 12.8. The molecule has 4 rings (SSSR count). The topological polar surface area (TPSA) is 67.2 Å². The molecular weight excluding hydrogens is 431 g/mol. The van der Waals surface area contributed by atoms with Gasteiger partial charge in [-0.3, -0.25) is 9.59 Å². The van der Waals surface area contributed by atoms with Gasteiger partial charge in [-0.25, -0.2) is 9.07 Å². The molecule has 2 aromatic carbocycles. The molecule has 1 aromatic heterocycles. The van der Waals surface area contributed by atoms with Crippen LogP contribution in [0.5, 0.6) is 0 Å². The second-order valence-corrected chi connectivity index (χ2v) is 8.23. The van der Waals surface area contributed by atoms with Crippen molar-refractivity contribution in [2.24, 2.45) is 0 Å². The number of carbonyl (C=O) groups excluding carboxylic acids is 2. The van der Waals surface area contributed by atoms with Crippen LogP contribution in [0.4, 0.5) is 4.39 Å². The second-order valence-electron chi connectivity index (χ2n) is 7.80. The van der Waals surface area contributed by atoms with Crippen LogP contribution in [0.1, 0.15) is 46.2 Å². The summed E-state index contributed by atoms with van der Waals surface area (Å²) in [5.41, 5.74) is 2.66. The van der Waals surface area contributed by atoms with Crippen LogP contribution >= 0.6 is 11.6 Å². The normalized spacial score (nSPS) is 14.4. The van der Waals surface area contributed by atoms with Crippen molar-refractivity contribution in [2.75, 3.05) is 13.1 Å². The predicted octanol–water partition coefficient (Wildman–Crippen LogP) is 4.26. The van der Waals surface area contributed by atoms with Crippen molar-refractivity contribution in [3.05, 3.63) is 82.4 Å². The number of piperidine rings is 1. The molecule has 0 aliphatic carbocycles. The molecule has 32 heavy (non-hydrogen) atoms. The average Bonchev–Trinajstić information content (AvgIpc) is 3.23. The van der Waals surface area contributed by atoms with E-state index in [-0.39, 0.29) is 23.7 Å². The first-order valence-electron chi connectivity index (χ1n) is 10.6. The molecule has 0 bridgehead atoms. The van der Waals surface area contributed by atoms with Crippen LogP contribution in [0.25, 0.3) is 5.69 Å². The van der Waals surface area contributed by atoms with Gasteiger partial charge in [0.2, 0.25) is 0 Å². The lowest BCUT2D eigenvalue weighted by Gasteiger charge is -2.32. The summed E-state index contributed by atoms with van der Waals surface area (Å²) >= 11 is 6.11. The summed E-state index contributed by atoms with van der Waals surface area (Å²) in [5.74, 6) is -0.664. The lowest BCUT2D eigenvalue weighted by atomic mass is 10.0. The second kappa shape index (κ2) is 9.53. The summed E-state index contributed by atoms with van der Waals surface area (Å²) in [7, 11) is 0. The molecule has 0 saturated carbocycles. The van der Waals surface area contributed by atoms with Crippen molar-refractivity contribution in [1.82, 2.24) is 20.0 Å². The fourth-order valence-electron chi connectivity index (χ4n) is 3.99. The molecule has 1 N–H and O–H groups in total. The van der Waals surface area contributed by atoms with Crippen LogP contribution in [-0.4, -0.2) is 45.6 Å². The Morgan fingerprint density at radius 2 is 1.88 bits per heavy atom. The molecule has 1 aliphatic rings. The summed E-state index contributed by atoms with van der Waals surface area (Å²) in [4.78, 5) is 27.4. The van der Waals surface area contributed by atoms with Crippen LogP contribution < -0.4 is 5.32 Å². The van der Waals surface area contributed by atoms with Crippen LogP contribution in [0, 0.1) is 5.82 Å². The van der Waals surface area contributed by atoms with E-state index in [4.69, 9.17) is 11.6 Å². The van der Waals surface area contributed by atoms with Gasteiger partial charge in [-0.15, -0.1) is 0 Å². The molecule has 166 valence electrons. The molecular formula is C24H24ClFN4O2. The summed E-state index contributed by atoms with van der Waals surface area (Å²) in [6.07, 6.45) is 3.58. The zero-order valence-corrected chi connectivity index (χ0v) is 18.5. The number of carbonyl (C=O) groups is 2. The Bertz CT molecular complexity index is 1120. The van der Waals surface area contributed by atoms with Crippen LogP contribution in [0.15, 0.2) is 54.7 Å². The maximum atomic E-state index is 13.2. The van der Waals surface area contributed by atoms with E-state index in [0.717, 1.165) is 11.4 Å². The predicted molar refractivity (Wildman–Crippen MR) is 121 cm³/mol. The standard InChI is InChI=1S/C24H24ClFN4O2/c1-2-22-21(15-27-30(22)20-5-3-4-17(25)14-20)24(32)29-12-10-19(11-13-29)28-23(31)16-6-8-18(26)9-7-16/h3-9,14-15,19H,2,10-13H2,1H3,(H,28,31). The van der Waals surface area contributed by atoms with E-state index in [9.17, 15) is 14.0 Å². The molecule has 1 aliphatic heterocycles. The van der Waals surface area contributed by atoms with Crippen molar-refractivity contribution in [3.8, 4) is 5.69 Å². The zero-order valence-electron chi connectivity index (χ0n) is 17.7. The molecule has 0 radical (unpaired) electrons. The van der Waals surface area contributed by atoms with Crippen LogP contribution in [0.3, 0.4) is 0 Å². The van der Waals surface area contributed by atoms with Crippen molar-refractivity contribution >= 4 is 23.4 Å².